The molecule has 0 bridgehead atoms. The Morgan fingerprint density at radius 2 is 2.35 bits per heavy atom. The largest absolute Gasteiger partial charge is 0.378 e. The SMILES string of the molecule is CCNC(CCCC1CCCO1)c1cc(CC)nn1C. The molecule has 0 saturated carbocycles. The first-order chi connectivity index (χ1) is 9.74. The maximum Gasteiger partial charge on any atom is 0.0625 e. The molecule has 0 radical (unpaired) electrons. The van der Waals surface area contributed by atoms with Crippen molar-refractivity contribution in [3.8, 4) is 0 Å². The minimum atomic E-state index is 0.416. The lowest BCUT2D eigenvalue weighted by molar-refractivity contribution is 0.101. The van der Waals surface area contributed by atoms with Gasteiger partial charge in [-0.1, -0.05) is 13.8 Å². The molecular weight excluding hydrogens is 250 g/mol. The van der Waals surface area contributed by atoms with Gasteiger partial charge in [-0.15, -0.1) is 0 Å². The molecule has 2 unspecified atom stereocenters. The van der Waals surface area contributed by atoms with E-state index >= 15 is 0 Å². The Kier molecular flexibility index (Phi) is 6.05. The van der Waals surface area contributed by atoms with Crippen molar-refractivity contribution in [3.63, 3.8) is 0 Å². The summed E-state index contributed by atoms with van der Waals surface area (Å²) in [6.45, 7) is 6.29. The molecule has 0 aromatic carbocycles. The Labute approximate surface area is 122 Å². The van der Waals surface area contributed by atoms with Gasteiger partial charge in [0.15, 0.2) is 0 Å². The fourth-order valence-corrected chi connectivity index (χ4v) is 3.06. The molecule has 0 amide bonds. The highest BCUT2D eigenvalue weighted by Crippen LogP contribution is 2.23. The summed E-state index contributed by atoms with van der Waals surface area (Å²) < 4.78 is 7.75. The van der Waals surface area contributed by atoms with Crippen molar-refractivity contribution in [3.05, 3.63) is 17.5 Å². The summed E-state index contributed by atoms with van der Waals surface area (Å²) >= 11 is 0. The lowest BCUT2D eigenvalue weighted by atomic mass is 10.0. The number of hydrogen-bond acceptors (Lipinski definition) is 3. The highest BCUT2D eigenvalue weighted by Gasteiger charge is 2.18. The maximum atomic E-state index is 5.71. The summed E-state index contributed by atoms with van der Waals surface area (Å²) in [5.41, 5.74) is 2.50. The summed E-state index contributed by atoms with van der Waals surface area (Å²) in [6.07, 6.45) is 7.57. The zero-order chi connectivity index (χ0) is 14.4. The van der Waals surface area contributed by atoms with Gasteiger partial charge in [-0.2, -0.15) is 5.10 Å². The Balaban J connectivity index is 1.89. The number of nitrogens with one attached hydrogen (secondary N) is 1. The molecule has 2 atom stereocenters. The zero-order valence-corrected chi connectivity index (χ0v) is 13.2. The Morgan fingerprint density at radius 1 is 1.50 bits per heavy atom. The molecule has 4 nitrogen and oxygen atoms in total. The zero-order valence-electron chi connectivity index (χ0n) is 13.2. The first-order valence-electron chi connectivity index (χ1n) is 8.12. The summed E-state index contributed by atoms with van der Waals surface area (Å²) in [5.74, 6) is 0. The Hall–Kier alpha value is -0.870. The maximum absolute atomic E-state index is 5.71. The fraction of sp³-hybridized carbons (Fsp3) is 0.812. The fourth-order valence-electron chi connectivity index (χ4n) is 3.06. The van der Waals surface area contributed by atoms with E-state index in [9.17, 15) is 0 Å². The van der Waals surface area contributed by atoms with Gasteiger partial charge in [0, 0.05) is 19.7 Å². The van der Waals surface area contributed by atoms with Gasteiger partial charge in [0.2, 0.25) is 0 Å². The number of nitrogens with zero attached hydrogens (tertiary/aromatic N) is 2. The summed E-state index contributed by atoms with van der Waals surface area (Å²) in [6, 6.07) is 2.67. The average Bonchev–Trinajstić information content (AvgIpc) is 3.07. The van der Waals surface area contributed by atoms with Gasteiger partial charge in [-0.25, -0.2) is 0 Å². The Morgan fingerprint density at radius 3 is 2.95 bits per heavy atom. The van der Waals surface area contributed by atoms with Crippen molar-refractivity contribution in [2.75, 3.05) is 13.2 Å². The highest BCUT2D eigenvalue weighted by molar-refractivity contribution is 5.14. The predicted octanol–water partition coefficient (Wildman–Crippen LogP) is 2.98. The summed E-state index contributed by atoms with van der Waals surface area (Å²) in [4.78, 5) is 0. The van der Waals surface area contributed by atoms with E-state index < -0.39 is 0 Å². The molecule has 4 heteroatoms. The first kappa shape index (κ1) is 15.5. The van der Waals surface area contributed by atoms with Crippen LogP contribution in [0.25, 0.3) is 0 Å². The van der Waals surface area contributed by atoms with Crippen LogP contribution in [0, 0.1) is 0 Å². The van der Waals surface area contributed by atoms with Crippen LogP contribution in [0.1, 0.15) is 63.4 Å². The third kappa shape index (κ3) is 4.06. The second-order valence-electron chi connectivity index (χ2n) is 5.71. The molecule has 1 saturated heterocycles. The topological polar surface area (TPSA) is 39.1 Å². The van der Waals surface area contributed by atoms with E-state index in [1.165, 1.54) is 37.1 Å². The second kappa shape index (κ2) is 7.79. The van der Waals surface area contributed by atoms with Gasteiger partial charge in [0.05, 0.1) is 17.5 Å². The van der Waals surface area contributed by atoms with E-state index in [4.69, 9.17) is 4.74 Å². The van der Waals surface area contributed by atoms with Gasteiger partial charge in [0.25, 0.3) is 0 Å². The quantitative estimate of drug-likeness (QED) is 0.795. The molecule has 0 spiro atoms. The van der Waals surface area contributed by atoms with Crippen LogP contribution in [0.2, 0.25) is 0 Å². The lowest BCUT2D eigenvalue weighted by Crippen LogP contribution is -2.23. The third-order valence-corrected chi connectivity index (χ3v) is 4.18. The predicted molar refractivity (Wildman–Crippen MR) is 81.8 cm³/mol. The molecule has 20 heavy (non-hydrogen) atoms. The van der Waals surface area contributed by atoms with Crippen molar-refractivity contribution in [1.29, 1.82) is 0 Å². The first-order valence-corrected chi connectivity index (χ1v) is 8.12. The second-order valence-corrected chi connectivity index (χ2v) is 5.71. The average molecular weight is 279 g/mol. The highest BCUT2D eigenvalue weighted by atomic mass is 16.5. The molecule has 1 aromatic rings. The van der Waals surface area contributed by atoms with Crippen molar-refractivity contribution < 1.29 is 4.74 Å². The van der Waals surface area contributed by atoms with E-state index in [-0.39, 0.29) is 0 Å². The van der Waals surface area contributed by atoms with Crippen molar-refractivity contribution >= 4 is 0 Å². The van der Waals surface area contributed by atoms with Crippen LogP contribution >= 0.6 is 0 Å². The normalized spacial score (nSPS) is 20.4. The van der Waals surface area contributed by atoms with Crippen LogP contribution in [0.5, 0.6) is 0 Å². The van der Waals surface area contributed by atoms with Gasteiger partial charge < -0.3 is 10.1 Å². The van der Waals surface area contributed by atoms with E-state index in [0.29, 0.717) is 12.1 Å². The number of rotatable bonds is 8. The number of hydrogen-bond donors (Lipinski definition) is 1. The lowest BCUT2D eigenvalue weighted by Gasteiger charge is -2.19. The molecule has 2 heterocycles. The molecule has 1 aromatic heterocycles. The van der Waals surface area contributed by atoms with Gasteiger partial charge in [-0.3, -0.25) is 4.68 Å². The van der Waals surface area contributed by atoms with Crippen molar-refractivity contribution in [2.45, 2.75) is 64.5 Å². The number of aromatic nitrogens is 2. The molecule has 114 valence electrons. The Bertz CT molecular complexity index is 396. The van der Waals surface area contributed by atoms with Crippen molar-refractivity contribution in [1.82, 2.24) is 15.1 Å². The molecule has 1 N–H and O–H groups in total. The summed E-state index contributed by atoms with van der Waals surface area (Å²) in [5, 5.41) is 8.17. The van der Waals surface area contributed by atoms with E-state index in [2.05, 4.69) is 37.4 Å². The molecule has 1 fully saturated rings. The van der Waals surface area contributed by atoms with E-state index in [0.717, 1.165) is 26.0 Å². The molecule has 0 aliphatic carbocycles. The van der Waals surface area contributed by atoms with E-state index in [1.807, 2.05) is 4.68 Å². The third-order valence-electron chi connectivity index (χ3n) is 4.18. The number of aryl methyl sites for hydroxylation is 2. The van der Waals surface area contributed by atoms with Gasteiger partial charge in [-0.05, 0) is 51.1 Å². The molecule has 1 aliphatic rings. The monoisotopic (exact) mass is 279 g/mol. The van der Waals surface area contributed by atoms with Crippen LogP contribution in [-0.2, 0) is 18.2 Å². The van der Waals surface area contributed by atoms with Crippen LogP contribution in [-0.4, -0.2) is 29.0 Å². The number of ether oxygens (including phenoxy) is 1. The molecule has 1 aliphatic heterocycles. The van der Waals surface area contributed by atoms with Crippen molar-refractivity contribution in [2.24, 2.45) is 7.05 Å². The minimum absolute atomic E-state index is 0.416. The van der Waals surface area contributed by atoms with Gasteiger partial charge in [0.1, 0.15) is 0 Å². The van der Waals surface area contributed by atoms with Crippen LogP contribution in [0.15, 0.2) is 6.07 Å². The van der Waals surface area contributed by atoms with Crippen LogP contribution < -0.4 is 5.32 Å². The van der Waals surface area contributed by atoms with Crippen LogP contribution in [0.4, 0.5) is 0 Å². The van der Waals surface area contributed by atoms with Gasteiger partial charge >= 0.3 is 0 Å². The van der Waals surface area contributed by atoms with E-state index in [1.54, 1.807) is 0 Å². The molecular formula is C16H29N3O. The molecule has 2 rings (SSSR count). The van der Waals surface area contributed by atoms with Crippen LogP contribution in [0.3, 0.4) is 0 Å². The minimum Gasteiger partial charge on any atom is -0.378 e. The summed E-state index contributed by atoms with van der Waals surface area (Å²) in [7, 11) is 2.05. The standard InChI is InChI=1S/C16H29N3O/c1-4-13-12-16(19(3)18-13)15(17-5-2)10-6-8-14-9-7-11-20-14/h12,14-15,17H,4-11H2,1-3H3. The smallest absolute Gasteiger partial charge is 0.0625 e.